The number of unbranched alkanes of at least 4 members (excludes halogenated alkanes) is 3. The van der Waals surface area contributed by atoms with E-state index in [4.69, 9.17) is 4.74 Å². The first-order valence-electron chi connectivity index (χ1n) is 6.05. The van der Waals surface area contributed by atoms with Crippen molar-refractivity contribution in [3.63, 3.8) is 0 Å². The first-order chi connectivity index (χ1) is 6.66. The molecule has 2 heteroatoms. The topological polar surface area (TPSA) is 21.3 Å². The number of morpholine rings is 1. The summed E-state index contributed by atoms with van der Waals surface area (Å²) in [6.45, 7) is 8.66. The van der Waals surface area contributed by atoms with Crippen molar-refractivity contribution in [1.82, 2.24) is 5.32 Å². The van der Waals surface area contributed by atoms with E-state index in [1.54, 1.807) is 0 Å². The lowest BCUT2D eigenvalue weighted by atomic mass is 9.96. The van der Waals surface area contributed by atoms with Gasteiger partial charge in [0.25, 0.3) is 0 Å². The zero-order valence-electron chi connectivity index (χ0n) is 9.94. The average Bonchev–Trinajstić information content (AvgIpc) is 2.12. The van der Waals surface area contributed by atoms with Crippen molar-refractivity contribution < 1.29 is 4.74 Å². The van der Waals surface area contributed by atoms with Gasteiger partial charge in [0.1, 0.15) is 0 Å². The largest absolute Gasteiger partial charge is 0.370 e. The number of nitrogens with one attached hydrogen (secondary N) is 1. The first kappa shape index (κ1) is 12.0. The van der Waals surface area contributed by atoms with Crippen molar-refractivity contribution in [1.29, 1.82) is 0 Å². The lowest BCUT2D eigenvalue weighted by molar-refractivity contribution is -0.102. The van der Waals surface area contributed by atoms with Gasteiger partial charge in [-0.1, -0.05) is 32.6 Å². The lowest BCUT2D eigenvalue weighted by Gasteiger charge is -2.38. The van der Waals surface area contributed by atoms with Gasteiger partial charge in [0.15, 0.2) is 0 Å². The van der Waals surface area contributed by atoms with Gasteiger partial charge in [-0.25, -0.2) is 0 Å². The highest BCUT2D eigenvalue weighted by atomic mass is 16.5. The molecular weight excluding hydrogens is 174 g/mol. The van der Waals surface area contributed by atoms with Gasteiger partial charge in [0.2, 0.25) is 0 Å². The maximum Gasteiger partial charge on any atom is 0.0782 e. The minimum absolute atomic E-state index is 0.0887. The summed E-state index contributed by atoms with van der Waals surface area (Å²) in [6, 6.07) is 0. The zero-order valence-corrected chi connectivity index (χ0v) is 9.94. The van der Waals surface area contributed by atoms with Crippen molar-refractivity contribution in [3.05, 3.63) is 0 Å². The van der Waals surface area contributed by atoms with Crippen molar-refractivity contribution in [2.45, 2.75) is 64.6 Å². The lowest BCUT2D eigenvalue weighted by Crippen LogP contribution is -2.51. The summed E-state index contributed by atoms with van der Waals surface area (Å²) in [7, 11) is 0. The summed E-state index contributed by atoms with van der Waals surface area (Å²) in [5.74, 6) is 0. The van der Waals surface area contributed by atoms with E-state index in [2.05, 4.69) is 26.1 Å². The Hall–Kier alpha value is -0.0800. The van der Waals surface area contributed by atoms with E-state index in [1.165, 1.54) is 32.1 Å². The Bertz CT molecular complexity index is 160. The maximum atomic E-state index is 5.99. The minimum Gasteiger partial charge on any atom is -0.370 e. The van der Waals surface area contributed by atoms with E-state index in [0.29, 0.717) is 6.10 Å². The normalized spacial score (nSPS) is 33.2. The second-order valence-electron chi connectivity index (χ2n) is 4.82. The number of ether oxygens (including phenoxy) is 1. The third-order valence-electron chi connectivity index (χ3n) is 2.98. The molecule has 0 spiro atoms. The van der Waals surface area contributed by atoms with Gasteiger partial charge >= 0.3 is 0 Å². The van der Waals surface area contributed by atoms with Crippen LogP contribution in [0.4, 0.5) is 0 Å². The molecule has 1 heterocycles. The van der Waals surface area contributed by atoms with E-state index >= 15 is 0 Å². The molecule has 1 aliphatic rings. The number of hydrogen-bond donors (Lipinski definition) is 1. The van der Waals surface area contributed by atoms with Crippen LogP contribution in [0.5, 0.6) is 0 Å². The van der Waals surface area contributed by atoms with Crippen LogP contribution in [0.25, 0.3) is 0 Å². The van der Waals surface area contributed by atoms with Crippen molar-refractivity contribution in [3.8, 4) is 0 Å². The van der Waals surface area contributed by atoms with Gasteiger partial charge in [-0.05, 0) is 20.3 Å². The van der Waals surface area contributed by atoms with Crippen LogP contribution in [-0.2, 0) is 4.74 Å². The van der Waals surface area contributed by atoms with Crippen LogP contribution in [0.2, 0.25) is 0 Å². The van der Waals surface area contributed by atoms with Gasteiger partial charge in [0.05, 0.1) is 11.7 Å². The third kappa shape index (κ3) is 3.97. The van der Waals surface area contributed by atoms with Crippen LogP contribution in [-0.4, -0.2) is 24.8 Å². The highest BCUT2D eigenvalue weighted by Crippen LogP contribution is 2.23. The molecule has 0 bridgehead atoms. The van der Waals surface area contributed by atoms with Crippen LogP contribution in [0.1, 0.15) is 52.9 Å². The molecule has 1 aliphatic heterocycles. The summed E-state index contributed by atoms with van der Waals surface area (Å²) in [5, 5.41) is 3.44. The van der Waals surface area contributed by atoms with Gasteiger partial charge in [0, 0.05) is 13.1 Å². The van der Waals surface area contributed by atoms with Crippen LogP contribution in [0.15, 0.2) is 0 Å². The maximum absolute atomic E-state index is 5.99. The van der Waals surface area contributed by atoms with Crippen LogP contribution in [0.3, 0.4) is 0 Å². The summed E-state index contributed by atoms with van der Waals surface area (Å²) in [6.07, 6.45) is 6.90. The summed E-state index contributed by atoms with van der Waals surface area (Å²) in [5.41, 5.74) is 0.0887. The Labute approximate surface area is 88.4 Å². The molecule has 0 aliphatic carbocycles. The Morgan fingerprint density at radius 3 is 2.79 bits per heavy atom. The molecule has 1 saturated heterocycles. The molecule has 1 N–H and O–H groups in total. The first-order valence-corrected chi connectivity index (χ1v) is 6.05. The fourth-order valence-corrected chi connectivity index (χ4v) is 2.18. The SMILES string of the molecule is CCCCCCC1(C)CNCC(C)O1. The Morgan fingerprint density at radius 2 is 2.14 bits per heavy atom. The molecule has 0 aromatic rings. The molecular formula is C12H25NO. The Kier molecular flexibility index (Phi) is 4.90. The molecule has 0 saturated carbocycles. The van der Waals surface area contributed by atoms with E-state index < -0.39 is 0 Å². The zero-order chi connectivity index (χ0) is 10.4. The Balaban J connectivity index is 2.19. The monoisotopic (exact) mass is 199 g/mol. The molecule has 14 heavy (non-hydrogen) atoms. The second kappa shape index (κ2) is 5.72. The van der Waals surface area contributed by atoms with E-state index in [9.17, 15) is 0 Å². The molecule has 2 nitrogen and oxygen atoms in total. The van der Waals surface area contributed by atoms with Crippen molar-refractivity contribution >= 4 is 0 Å². The van der Waals surface area contributed by atoms with Crippen LogP contribution < -0.4 is 5.32 Å². The summed E-state index contributed by atoms with van der Waals surface area (Å²) in [4.78, 5) is 0. The molecule has 0 aromatic heterocycles. The quantitative estimate of drug-likeness (QED) is 0.687. The third-order valence-corrected chi connectivity index (χ3v) is 2.98. The van der Waals surface area contributed by atoms with Crippen molar-refractivity contribution in [2.75, 3.05) is 13.1 Å². The van der Waals surface area contributed by atoms with Gasteiger partial charge in [-0.15, -0.1) is 0 Å². The van der Waals surface area contributed by atoms with E-state index in [-0.39, 0.29) is 5.60 Å². The van der Waals surface area contributed by atoms with Gasteiger partial charge < -0.3 is 10.1 Å². The molecule has 0 amide bonds. The van der Waals surface area contributed by atoms with Crippen molar-refractivity contribution in [2.24, 2.45) is 0 Å². The molecule has 84 valence electrons. The predicted molar refractivity (Wildman–Crippen MR) is 60.6 cm³/mol. The van der Waals surface area contributed by atoms with Gasteiger partial charge in [-0.2, -0.15) is 0 Å². The van der Waals surface area contributed by atoms with Gasteiger partial charge in [-0.3, -0.25) is 0 Å². The Morgan fingerprint density at radius 1 is 1.36 bits per heavy atom. The van der Waals surface area contributed by atoms with Crippen LogP contribution in [0, 0.1) is 0 Å². The summed E-state index contributed by atoms with van der Waals surface area (Å²) >= 11 is 0. The molecule has 0 aromatic carbocycles. The average molecular weight is 199 g/mol. The summed E-state index contributed by atoms with van der Waals surface area (Å²) < 4.78 is 5.99. The molecule has 2 atom stereocenters. The fraction of sp³-hybridized carbons (Fsp3) is 1.00. The fourth-order valence-electron chi connectivity index (χ4n) is 2.18. The van der Waals surface area contributed by atoms with E-state index in [1.807, 2.05) is 0 Å². The standard InChI is InChI=1S/C12H25NO/c1-4-5-6-7-8-12(3)10-13-9-11(2)14-12/h11,13H,4-10H2,1-3H3. The smallest absolute Gasteiger partial charge is 0.0782 e. The molecule has 1 fully saturated rings. The second-order valence-corrected chi connectivity index (χ2v) is 4.82. The molecule has 1 rings (SSSR count). The molecule has 0 radical (unpaired) electrons. The predicted octanol–water partition coefficient (Wildman–Crippen LogP) is 2.72. The number of rotatable bonds is 5. The van der Waals surface area contributed by atoms with Crippen LogP contribution >= 0.6 is 0 Å². The van der Waals surface area contributed by atoms with E-state index in [0.717, 1.165) is 13.1 Å². The highest BCUT2D eigenvalue weighted by Gasteiger charge is 2.30. The minimum atomic E-state index is 0.0887. The number of hydrogen-bond acceptors (Lipinski definition) is 2. The highest BCUT2D eigenvalue weighted by molar-refractivity contribution is 4.83. The molecule has 2 unspecified atom stereocenters.